The maximum Gasteiger partial charge on any atom is 0.339 e. The Kier molecular flexibility index (Phi) is 7.85. The van der Waals surface area contributed by atoms with Gasteiger partial charge in [0.05, 0.1) is 19.4 Å². The summed E-state index contributed by atoms with van der Waals surface area (Å²) < 4.78 is 11.6. The Morgan fingerprint density at radius 3 is 2.27 bits per heavy atom. The van der Waals surface area contributed by atoms with E-state index in [-0.39, 0.29) is 0 Å². The average molecular weight is 403 g/mol. The van der Waals surface area contributed by atoms with Crippen molar-refractivity contribution in [1.82, 2.24) is 5.43 Å². The highest BCUT2D eigenvalue weighted by atomic mass is 16.5. The number of carbonyl (C=O) groups excluding carboxylic acids is 1. The Hall–Kier alpha value is -3.80. The van der Waals surface area contributed by atoms with Crippen LogP contribution in [0.1, 0.15) is 17.5 Å². The van der Waals surface area contributed by atoms with E-state index in [4.69, 9.17) is 9.47 Å². The number of benzene rings is 3. The fraction of sp³-hybridized carbons (Fsp3) is 0.167. The van der Waals surface area contributed by atoms with Crippen molar-refractivity contribution in [3.8, 4) is 11.5 Å². The van der Waals surface area contributed by atoms with Gasteiger partial charge in [0.25, 0.3) is 0 Å². The molecule has 0 unspecified atom stereocenters. The molecule has 0 saturated heterocycles. The number of para-hydroxylation sites is 3. The lowest BCUT2D eigenvalue weighted by molar-refractivity contribution is 0.246. The van der Waals surface area contributed by atoms with E-state index in [9.17, 15) is 4.79 Å². The number of urea groups is 1. The van der Waals surface area contributed by atoms with Crippen LogP contribution >= 0.6 is 0 Å². The van der Waals surface area contributed by atoms with Crippen molar-refractivity contribution >= 4 is 17.9 Å². The molecule has 30 heavy (non-hydrogen) atoms. The number of hydrazone groups is 1. The molecule has 3 aromatic carbocycles. The molecule has 6 heteroatoms. The monoisotopic (exact) mass is 403 g/mol. The van der Waals surface area contributed by atoms with Crippen molar-refractivity contribution in [3.05, 3.63) is 90.0 Å². The normalized spacial score (nSPS) is 10.6. The quantitative estimate of drug-likeness (QED) is 0.300. The van der Waals surface area contributed by atoms with Gasteiger partial charge >= 0.3 is 6.03 Å². The Balaban J connectivity index is 1.44. The molecular formula is C24H25N3O3. The predicted molar refractivity (Wildman–Crippen MR) is 119 cm³/mol. The van der Waals surface area contributed by atoms with Crippen LogP contribution in [0.5, 0.6) is 11.5 Å². The van der Waals surface area contributed by atoms with Crippen molar-refractivity contribution in [2.45, 2.75) is 13.3 Å². The smallest absolute Gasteiger partial charge is 0.339 e. The third kappa shape index (κ3) is 6.67. The highest BCUT2D eigenvalue weighted by Gasteiger charge is 2.03. The maximum absolute atomic E-state index is 11.9. The van der Waals surface area contributed by atoms with Crippen molar-refractivity contribution in [1.29, 1.82) is 0 Å². The Morgan fingerprint density at radius 1 is 0.867 bits per heavy atom. The van der Waals surface area contributed by atoms with Gasteiger partial charge < -0.3 is 14.8 Å². The third-order valence-electron chi connectivity index (χ3n) is 4.22. The molecule has 3 aromatic rings. The Labute approximate surface area is 176 Å². The summed E-state index contributed by atoms with van der Waals surface area (Å²) in [5, 5.41) is 6.70. The standard InChI is InChI=1S/C24H25N3O3/c1-19-10-5-7-14-22(19)29-16-9-17-30-23-15-8-6-11-20(23)18-25-27-24(28)26-21-12-3-2-4-13-21/h2-8,10-15,18H,9,16-17H2,1H3,(H2,26,27,28). The minimum Gasteiger partial charge on any atom is -0.493 e. The highest BCUT2D eigenvalue weighted by Crippen LogP contribution is 2.18. The van der Waals surface area contributed by atoms with Gasteiger partial charge in [-0.15, -0.1) is 0 Å². The third-order valence-corrected chi connectivity index (χ3v) is 4.22. The van der Waals surface area contributed by atoms with Crippen LogP contribution < -0.4 is 20.2 Å². The SMILES string of the molecule is Cc1ccccc1OCCCOc1ccccc1C=NNC(=O)Nc1ccccc1. The summed E-state index contributed by atoms with van der Waals surface area (Å²) in [5.41, 5.74) is 5.04. The second kappa shape index (κ2) is 11.3. The molecule has 0 atom stereocenters. The second-order valence-electron chi connectivity index (χ2n) is 6.54. The topological polar surface area (TPSA) is 72.0 Å². The molecule has 0 aliphatic heterocycles. The minimum absolute atomic E-state index is 0.413. The van der Waals surface area contributed by atoms with Gasteiger partial charge in [-0.3, -0.25) is 0 Å². The molecular weight excluding hydrogens is 378 g/mol. The molecule has 0 radical (unpaired) electrons. The molecule has 6 nitrogen and oxygen atoms in total. The molecule has 0 saturated carbocycles. The molecule has 3 rings (SSSR count). The summed E-state index contributed by atoms with van der Waals surface area (Å²) >= 11 is 0. The molecule has 0 bridgehead atoms. The molecule has 0 aromatic heterocycles. The number of hydrogen-bond donors (Lipinski definition) is 2. The van der Waals surface area contributed by atoms with Crippen molar-refractivity contribution < 1.29 is 14.3 Å². The lowest BCUT2D eigenvalue weighted by Gasteiger charge is -2.11. The van der Waals surface area contributed by atoms with Crippen LogP contribution in [0.4, 0.5) is 10.5 Å². The van der Waals surface area contributed by atoms with Gasteiger partial charge in [0.15, 0.2) is 0 Å². The van der Waals surface area contributed by atoms with E-state index in [1.165, 1.54) is 0 Å². The summed E-state index contributed by atoms with van der Waals surface area (Å²) in [6.45, 7) is 3.11. The number of nitrogens with zero attached hydrogens (tertiary/aromatic N) is 1. The number of aryl methyl sites for hydroxylation is 1. The first-order valence-electron chi connectivity index (χ1n) is 9.78. The van der Waals surface area contributed by atoms with Gasteiger partial charge in [0.1, 0.15) is 11.5 Å². The van der Waals surface area contributed by atoms with Crippen molar-refractivity contribution in [2.24, 2.45) is 5.10 Å². The van der Waals surface area contributed by atoms with Gasteiger partial charge in [-0.1, -0.05) is 48.5 Å². The van der Waals surface area contributed by atoms with Crippen LogP contribution in [0, 0.1) is 6.92 Å². The predicted octanol–water partition coefficient (Wildman–Crippen LogP) is 5.00. The summed E-state index contributed by atoms with van der Waals surface area (Å²) in [5.74, 6) is 1.59. The zero-order valence-corrected chi connectivity index (χ0v) is 16.9. The van der Waals surface area contributed by atoms with Crippen LogP contribution in [0.15, 0.2) is 84.0 Å². The maximum atomic E-state index is 11.9. The van der Waals surface area contributed by atoms with Crippen molar-refractivity contribution in [3.63, 3.8) is 0 Å². The molecule has 0 aliphatic rings. The first-order valence-corrected chi connectivity index (χ1v) is 9.78. The first kappa shape index (κ1) is 20.9. The molecule has 154 valence electrons. The Bertz CT molecular complexity index is 974. The van der Waals surface area contributed by atoms with E-state index in [2.05, 4.69) is 15.8 Å². The molecule has 2 N–H and O–H groups in total. The Morgan fingerprint density at radius 2 is 1.50 bits per heavy atom. The zero-order chi connectivity index (χ0) is 21.0. The lowest BCUT2D eigenvalue weighted by Crippen LogP contribution is -2.24. The number of rotatable bonds is 9. The fourth-order valence-corrected chi connectivity index (χ4v) is 2.70. The number of anilines is 1. The summed E-state index contributed by atoms with van der Waals surface area (Å²) in [7, 11) is 0. The van der Waals surface area contributed by atoms with Crippen LogP contribution in [0.25, 0.3) is 0 Å². The summed E-state index contributed by atoms with van der Waals surface area (Å²) in [6, 6.07) is 24.2. The molecule has 0 fully saturated rings. The van der Waals surface area contributed by atoms with E-state index in [0.29, 0.717) is 24.7 Å². The number of ether oxygens (including phenoxy) is 2. The average Bonchev–Trinajstić information content (AvgIpc) is 2.76. The number of hydrogen-bond acceptors (Lipinski definition) is 4. The van der Waals surface area contributed by atoms with Crippen LogP contribution in [-0.4, -0.2) is 25.5 Å². The largest absolute Gasteiger partial charge is 0.493 e. The minimum atomic E-state index is -0.413. The van der Waals surface area contributed by atoms with Crippen molar-refractivity contribution in [2.75, 3.05) is 18.5 Å². The fourth-order valence-electron chi connectivity index (χ4n) is 2.70. The van der Waals surface area contributed by atoms with Crippen LogP contribution in [0.2, 0.25) is 0 Å². The summed E-state index contributed by atoms with van der Waals surface area (Å²) in [6.07, 6.45) is 2.31. The summed E-state index contributed by atoms with van der Waals surface area (Å²) in [4.78, 5) is 11.9. The van der Waals surface area contributed by atoms with Gasteiger partial charge in [-0.2, -0.15) is 5.10 Å². The van der Waals surface area contributed by atoms with E-state index in [0.717, 1.165) is 23.3 Å². The van der Waals surface area contributed by atoms with Gasteiger partial charge in [-0.25, -0.2) is 10.2 Å². The zero-order valence-electron chi connectivity index (χ0n) is 16.9. The van der Waals surface area contributed by atoms with Crippen LogP contribution in [-0.2, 0) is 0 Å². The van der Waals surface area contributed by atoms with Gasteiger partial charge in [-0.05, 0) is 42.8 Å². The van der Waals surface area contributed by atoms with Crippen LogP contribution in [0.3, 0.4) is 0 Å². The molecule has 0 spiro atoms. The van der Waals surface area contributed by atoms with E-state index >= 15 is 0 Å². The van der Waals surface area contributed by atoms with Gasteiger partial charge in [0.2, 0.25) is 0 Å². The molecule has 0 heterocycles. The lowest BCUT2D eigenvalue weighted by atomic mass is 10.2. The first-order chi connectivity index (χ1) is 14.7. The number of nitrogens with one attached hydrogen (secondary N) is 2. The molecule has 2 amide bonds. The number of carbonyl (C=O) groups is 1. The number of amides is 2. The van der Waals surface area contributed by atoms with Gasteiger partial charge in [0, 0.05) is 17.7 Å². The highest BCUT2D eigenvalue weighted by molar-refractivity contribution is 5.90. The molecule has 0 aliphatic carbocycles. The van der Waals surface area contributed by atoms with E-state index < -0.39 is 6.03 Å². The van der Waals surface area contributed by atoms with E-state index in [1.54, 1.807) is 18.3 Å². The second-order valence-corrected chi connectivity index (χ2v) is 6.54. The van der Waals surface area contributed by atoms with E-state index in [1.807, 2.05) is 73.7 Å².